The molecule has 1 atom stereocenters. The van der Waals surface area contributed by atoms with E-state index >= 15 is 0 Å². The van der Waals surface area contributed by atoms with E-state index < -0.39 is 6.10 Å². The summed E-state index contributed by atoms with van der Waals surface area (Å²) in [5.41, 5.74) is 1.54. The van der Waals surface area contributed by atoms with Gasteiger partial charge in [-0.05, 0) is 48.0 Å². The Morgan fingerprint density at radius 2 is 1.87 bits per heavy atom. The van der Waals surface area contributed by atoms with Gasteiger partial charge in [0.25, 0.3) is 5.91 Å². The summed E-state index contributed by atoms with van der Waals surface area (Å²) in [6.45, 7) is 0. The minimum absolute atomic E-state index is 0.0775. The lowest BCUT2D eigenvalue weighted by molar-refractivity contribution is -0.127. The number of hydrogen-bond donors (Lipinski definition) is 1. The average molecular weight is 441 g/mol. The first kappa shape index (κ1) is 20.7. The van der Waals surface area contributed by atoms with Crippen molar-refractivity contribution in [3.8, 4) is 17.6 Å². The molecular weight excluding hydrogens is 423 g/mol. The Morgan fingerprint density at radius 3 is 2.61 bits per heavy atom. The van der Waals surface area contributed by atoms with E-state index in [-0.39, 0.29) is 24.2 Å². The average Bonchev–Trinajstić information content (AvgIpc) is 3.16. The predicted octanol–water partition coefficient (Wildman–Crippen LogP) is 5.15. The molecule has 4 rings (SSSR count). The molecule has 31 heavy (non-hydrogen) atoms. The van der Waals surface area contributed by atoms with E-state index in [1.54, 1.807) is 60.7 Å². The molecule has 0 radical (unpaired) electrons. The SMILES string of the molecule is CNC(=O)[C@@H](Cc1ccccc1F)Oc1ccc(Oc2nc3ccc(Cl)cc3o2)cc1. The van der Waals surface area contributed by atoms with Gasteiger partial charge in [-0.1, -0.05) is 29.8 Å². The molecular formula is C23H18ClFN2O4. The molecule has 1 heterocycles. The van der Waals surface area contributed by atoms with E-state index in [0.29, 0.717) is 33.2 Å². The first-order chi connectivity index (χ1) is 15.0. The van der Waals surface area contributed by atoms with Crippen LogP contribution in [-0.4, -0.2) is 24.0 Å². The van der Waals surface area contributed by atoms with Crippen molar-refractivity contribution in [3.63, 3.8) is 0 Å². The maximum absolute atomic E-state index is 14.0. The lowest BCUT2D eigenvalue weighted by Crippen LogP contribution is -2.38. The molecule has 158 valence electrons. The van der Waals surface area contributed by atoms with Gasteiger partial charge in [0.15, 0.2) is 11.7 Å². The highest BCUT2D eigenvalue weighted by molar-refractivity contribution is 6.31. The lowest BCUT2D eigenvalue weighted by atomic mass is 10.1. The number of likely N-dealkylation sites (N-methyl/N-ethyl adjacent to an activating group) is 1. The van der Waals surface area contributed by atoms with Crippen LogP contribution in [0.3, 0.4) is 0 Å². The number of nitrogens with zero attached hydrogens (tertiary/aromatic N) is 1. The maximum Gasteiger partial charge on any atom is 0.400 e. The molecule has 0 aliphatic carbocycles. The van der Waals surface area contributed by atoms with Crippen molar-refractivity contribution in [3.05, 3.63) is 83.1 Å². The topological polar surface area (TPSA) is 73.6 Å². The molecule has 0 unspecified atom stereocenters. The van der Waals surface area contributed by atoms with Crippen LogP contribution in [0.2, 0.25) is 5.02 Å². The molecule has 3 aromatic carbocycles. The minimum atomic E-state index is -0.893. The number of rotatable bonds is 7. The van der Waals surface area contributed by atoms with Crippen LogP contribution < -0.4 is 14.8 Å². The first-order valence-corrected chi connectivity index (χ1v) is 9.85. The van der Waals surface area contributed by atoms with E-state index in [1.165, 1.54) is 13.1 Å². The second-order valence-corrected chi connectivity index (χ2v) is 7.12. The van der Waals surface area contributed by atoms with E-state index in [1.807, 2.05) is 0 Å². The smallest absolute Gasteiger partial charge is 0.400 e. The number of aromatic nitrogens is 1. The van der Waals surface area contributed by atoms with E-state index in [9.17, 15) is 9.18 Å². The van der Waals surface area contributed by atoms with Crippen molar-refractivity contribution >= 4 is 28.6 Å². The second-order valence-electron chi connectivity index (χ2n) is 6.68. The molecule has 0 aliphatic heterocycles. The highest BCUT2D eigenvalue weighted by Gasteiger charge is 2.21. The minimum Gasteiger partial charge on any atom is -0.480 e. The van der Waals surface area contributed by atoms with Gasteiger partial charge in [-0.3, -0.25) is 4.79 Å². The Morgan fingerprint density at radius 1 is 1.13 bits per heavy atom. The van der Waals surface area contributed by atoms with Crippen molar-refractivity contribution in [1.29, 1.82) is 0 Å². The fourth-order valence-electron chi connectivity index (χ4n) is 2.98. The number of carbonyl (C=O) groups excluding carboxylic acids is 1. The summed E-state index contributed by atoms with van der Waals surface area (Å²) >= 11 is 5.95. The molecule has 1 aromatic heterocycles. The largest absolute Gasteiger partial charge is 0.480 e. The number of amides is 1. The molecule has 0 bridgehead atoms. The summed E-state index contributed by atoms with van der Waals surface area (Å²) in [7, 11) is 1.50. The Balaban J connectivity index is 1.46. The number of nitrogens with one attached hydrogen (secondary N) is 1. The number of carbonyl (C=O) groups is 1. The Labute approximate surface area is 182 Å². The Hall–Kier alpha value is -3.58. The molecule has 0 saturated heterocycles. The fourth-order valence-corrected chi connectivity index (χ4v) is 3.15. The zero-order valence-corrected chi connectivity index (χ0v) is 17.2. The number of fused-ring (bicyclic) bond motifs is 1. The van der Waals surface area contributed by atoms with Crippen LogP contribution >= 0.6 is 11.6 Å². The Kier molecular flexibility index (Phi) is 6.04. The van der Waals surface area contributed by atoms with Gasteiger partial charge in [0, 0.05) is 24.6 Å². The van der Waals surface area contributed by atoms with Gasteiger partial charge < -0.3 is 19.2 Å². The summed E-state index contributed by atoms with van der Waals surface area (Å²) in [6.07, 6.45) is -0.722. The van der Waals surface area contributed by atoms with E-state index in [0.717, 1.165) is 0 Å². The molecule has 6 nitrogen and oxygen atoms in total. The molecule has 0 saturated carbocycles. The van der Waals surface area contributed by atoms with Gasteiger partial charge in [-0.25, -0.2) is 4.39 Å². The number of oxazole rings is 1. The van der Waals surface area contributed by atoms with Crippen LogP contribution in [0.15, 0.2) is 71.1 Å². The summed E-state index contributed by atoms with van der Waals surface area (Å²) in [5.74, 6) is 0.161. The van der Waals surface area contributed by atoms with Crippen molar-refractivity contribution in [2.24, 2.45) is 0 Å². The van der Waals surface area contributed by atoms with Crippen molar-refractivity contribution in [2.75, 3.05) is 7.05 Å². The molecule has 0 spiro atoms. The van der Waals surface area contributed by atoms with Crippen LogP contribution in [0, 0.1) is 5.82 Å². The van der Waals surface area contributed by atoms with Crippen molar-refractivity contribution in [1.82, 2.24) is 10.3 Å². The van der Waals surface area contributed by atoms with Gasteiger partial charge in [-0.2, -0.15) is 4.98 Å². The molecule has 0 aliphatic rings. The van der Waals surface area contributed by atoms with Crippen molar-refractivity contribution < 1.29 is 23.1 Å². The summed E-state index contributed by atoms with van der Waals surface area (Å²) in [6, 6.07) is 18.0. The summed E-state index contributed by atoms with van der Waals surface area (Å²) in [4.78, 5) is 16.5. The van der Waals surface area contributed by atoms with Gasteiger partial charge >= 0.3 is 6.08 Å². The zero-order valence-electron chi connectivity index (χ0n) is 16.5. The van der Waals surface area contributed by atoms with Crippen molar-refractivity contribution in [2.45, 2.75) is 12.5 Å². The number of hydrogen-bond acceptors (Lipinski definition) is 5. The number of ether oxygens (including phenoxy) is 2. The van der Waals surface area contributed by atoms with Gasteiger partial charge in [0.1, 0.15) is 22.8 Å². The van der Waals surface area contributed by atoms with Crippen LogP contribution in [0.1, 0.15) is 5.56 Å². The molecule has 4 aromatic rings. The maximum atomic E-state index is 14.0. The number of benzene rings is 3. The number of halogens is 2. The highest BCUT2D eigenvalue weighted by atomic mass is 35.5. The third kappa shape index (κ3) is 4.95. The first-order valence-electron chi connectivity index (χ1n) is 9.47. The van der Waals surface area contributed by atoms with E-state index in [4.69, 9.17) is 25.5 Å². The molecule has 0 fully saturated rings. The van der Waals surface area contributed by atoms with Crippen LogP contribution in [0.5, 0.6) is 17.6 Å². The molecule has 1 N–H and O–H groups in total. The highest BCUT2D eigenvalue weighted by Crippen LogP contribution is 2.28. The standard InChI is InChI=1S/C23H18ClFN2O4/c1-26-22(28)21(12-14-4-2-3-5-18(14)25)29-16-7-9-17(10-8-16)30-23-27-19-11-6-15(24)13-20(19)31-23/h2-11,13,21H,12H2,1H3,(H,26,28)/t21-/m1/s1. The Bertz CT molecular complexity index is 1210. The van der Waals surface area contributed by atoms with Crippen LogP contribution in [-0.2, 0) is 11.2 Å². The van der Waals surface area contributed by atoms with Gasteiger partial charge in [0.05, 0.1) is 0 Å². The summed E-state index contributed by atoms with van der Waals surface area (Å²) < 4.78 is 31.0. The third-order valence-corrected chi connectivity index (χ3v) is 4.78. The molecule has 1 amide bonds. The lowest BCUT2D eigenvalue weighted by Gasteiger charge is -2.18. The van der Waals surface area contributed by atoms with Gasteiger partial charge in [-0.15, -0.1) is 0 Å². The second kappa shape index (κ2) is 9.06. The summed E-state index contributed by atoms with van der Waals surface area (Å²) in [5, 5.41) is 3.08. The normalized spacial score (nSPS) is 11.8. The zero-order chi connectivity index (χ0) is 21.8. The predicted molar refractivity (Wildman–Crippen MR) is 114 cm³/mol. The molecule has 8 heteroatoms. The fraction of sp³-hybridized carbons (Fsp3) is 0.130. The quantitative estimate of drug-likeness (QED) is 0.430. The van der Waals surface area contributed by atoms with Crippen LogP contribution in [0.25, 0.3) is 11.1 Å². The third-order valence-electron chi connectivity index (χ3n) is 4.54. The van der Waals surface area contributed by atoms with E-state index in [2.05, 4.69) is 10.3 Å². The monoisotopic (exact) mass is 440 g/mol. The van der Waals surface area contributed by atoms with Crippen LogP contribution in [0.4, 0.5) is 4.39 Å². The van der Waals surface area contributed by atoms with Gasteiger partial charge in [0.2, 0.25) is 0 Å².